The number of ether oxygens (including phenoxy) is 1. The van der Waals surface area contributed by atoms with E-state index in [1.165, 1.54) is 0 Å². The highest BCUT2D eigenvalue weighted by Crippen LogP contribution is 2.29. The van der Waals surface area contributed by atoms with Crippen molar-refractivity contribution in [2.75, 3.05) is 19.8 Å². The second-order valence-electron chi connectivity index (χ2n) is 6.12. The Labute approximate surface area is 136 Å². The summed E-state index contributed by atoms with van der Waals surface area (Å²) in [5.41, 5.74) is 0.860. The van der Waals surface area contributed by atoms with Crippen molar-refractivity contribution in [2.45, 2.75) is 32.1 Å². The molecule has 1 aliphatic rings. The Kier molecular flexibility index (Phi) is 5.53. The second kappa shape index (κ2) is 6.99. The van der Waals surface area contributed by atoms with Crippen LogP contribution in [0.5, 0.6) is 0 Å². The second-order valence-corrected chi connectivity index (χ2v) is 6.93. The van der Waals surface area contributed by atoms with Gasteiger partial charge in [-0.15, -0.1) is 0 Å². The molecule has 1 aliphatic heterocycles. The summed E-state index contributed by atoms with van der Waals surface area (Å²) in [5, 5.41) is 4.14. The summed E-state index contributed by atoms with van der Waals surface area (Å²) in [6, 6.07) is 5.61. The highest BCUT2D eigenvalue weighted by molar-refractivity contribution is 6.42. The Morgan fingerprint density at radius 2 is 1.95 bits per heavy atom. The summed E-state index contributed by atoms with van der Waals surface area (Å²) < 4.78 is 5.28. The molecule has 2 rings (SSSR count). The molecule has 0 atom stereocenters. The van der Waals surface area contributed by atoms with Crippen LogP contribution < -0.4 is 5.32 Å². The van der Waals surface area contributed by atoms with Crippen molar-refractivity contribution in [2.24, 2.45) is 5.92 Å². The van der Waals surface area contributed by atoms with E-state index in [-0.39, 0.29) is 17.2 Å². The summed E-state index contributed by atoms with van der Waals surface area (Å²) in [6.45, 7) is 6.08. The Balaban J connectivity index is 1.96. The first-order valence-electron chi connectivity index (χ1n) is 7.21. The molecule has 5 heteroatoms. The number of hydrogen-bond acceptors (Lipinski definition) is 2. The highest BCUT2D eigenvalue weighted by Gasteiger charge is 2.26. The lowest BCUT2D eigenvalue weighted by Gasteiger charge is -2.28. The lowest BCUT2D eigenvalue weighted by atomic mass is 9.84. The van der Waals surface area contributed by atoms with Crippen molar-refractivity contribution in [1.82, 2.24) is 5.32 Å². The van der Waals surface area contributed by atoms with E-state index in [0.717, 1.165) is 18.4 Å². The molecule has 1 saturated heterocycles. The van der Waals surface area contributed by atoms with Crippen LogP contribution in [0.3, 0.4) is 0 Å². The minimum absolute atomic E-state index is 0.0726. The zero-order valence-electron chi connectivity index (χ0n) is 12.4. The van der Waals surface area contributed by atoms with Crippen LogP contribution in [0.1, 0.15) is 32.3 Å². The van der Waals surface area contributed by atoms with E-state index in [0.29, 0.717) is 29.8 Å². The first-order chi connectivity index (χ1) is 9.90. The average molecular weight is 330 g/mol. The molecular formula is C16H21Cl2NO2. The van der Waals surface area contributed by atoms with Gasteiger partial charge in [0, 0.05) is 31.1 Å². The molecule has 1 aromatic carbocycles. The summed E-state index contributed by atoms with van der Waals surface area (Å²) in [6.07, 6.45) is 1.61. The minimum atomic E-state index is -0.199. The molecule has 0 radical (unpaired) electrons. The number of amides is 1. The van der Waals surface area contributed by atoms with Gasteiger partial charge in [0.2, 0.25) is 5.91 Å². The largest absolute Gasteiger partial charge is 0.381 e. The van der Waals surface area contributed by atoms with E-state index in [4.69, 9.17) is 27.9 Å². The zero-order valence-corrected chi connectivity index (χ0v) is 13.9. The van der Waals surface area contributed by atoms with Crippen LogP contribution in [0.25, 0.3) is 0 Å². The van der Waals surface area contributed by atoms with Gasteiger partial charge in [0.15, 0.2) is 0 Å². The maximum Gasteiger partial charge on any atom is 0.223 e. The molecule has 0 aromatic heterocycles. The quantitative estimate of drug-likeness (QED) is 0.912. The number of carbonyl (C=O) groups is 1. The first kappa shape index (κ1) is 16.6. The van der Waals surface area contributed by atoms with Crippen molar-refractivity contribution in [3.63, 3.8) is 0 Å². The fraction of sp³-hybridized carbons (Fsp3) is 0.562. The van der Waals surface area contributed by atoms with Gasteiger partial charge in [0.25, 0.3) is 0 Å². The number of rotatable bonds is 4. The maximum atomic E-state index is 12.2. The van der Waals surface area contributed by atoms with Crippen molar-refractivity contribution < 1.29 is 9.53 Å². The van der Waals surface area contributed by atoms with Gasteiger partial charge in [0.1, 0.15) is 0 Å². The van der Waals surface area contributed by atoms with Crippen LogP contribution in [0.2, 0.25) is 10.0 Å². The number of hydrogen-bond donors (Lipinski definition) is 1. The molecule has 0 bridgehead atoms. The highest BCUT2D eigenvalue weighted by atomic mass is 35.5. The van der Waals surface area contributed by atoms with E-state index in [9.17, 15) is 4.79 Å². The minimum Gasteiger partial charge on any atom is -0.381 e. The molecule has 0 aliphatic carbocycles. The standard InChI is InChI=1S/C16H21Cl2NO2/c1-16(2,12-3-4-13(17)14(18)9-12)10-19-15(20)11-5-7-21-8-6-11/h3-4,9,11H,5-8,10H2,1-2H3,(H,19,20). The number of halogens is 2. The fourth-order valence-corrected chi connectivity index (χ4v) is 2.73. The molecule has 1 fully saturated rings. The molecule has 1 aromatic rings. The third-order valence-corrected chi connectivity index (χ3v) is 4.74. The van der Waals surface area contributed by atoms with Crippen LogP contribution in [0, 0.1) is 5.92 Å². The van der Waals surface area contributed by atoms with E-state index < -0.39 is 0 Å². The average Bonchev–Trinajstić information content (AvgIpc) is 2.48. The van der Waals surface area contributed by atoms with Crippen molar-refractivity contribution in [3.8, 4) is 0 Å². The zero-order chi connectivity index (χ0) is 15.5. The van der Waals surface area contributed by atoms with E-state index in [1.807, 2.05) is 12.1 Å². The predicted octanol–water partition coefficient (Wildman–Crippen LogP) is 3.81. The monoisotopic (exact) mass is 329 g/mol. The van der Waals surface area contributed by atoms with Crippen LogP contribution in [0.15, 0.2) is 18.2 Å². The first-order valence-corrected chi connectivity index (χ1v) is 7.97. The Hall–Kier alpha value is -0.770. The van der Waals surface area contributed by atoms with E-state index in [2.05, 4.69) is 19.2 Å². The lowest BCUT2D eigenvalue weighted by Crippen LogP contribution is -2.41. The summed E-state index contributed by atoms with van der Waals surface area (Å²) >= 11 is 12.0. The van der Waals surface area contributed by atoms with Gasteiger partial charge in [-0.05, 0) is 30.5 Å². The predicted molar refractivity (Wildman–Crippen MR) is 86.0 cm³/mol. The summed E-state index contributed by atoms with van der Waals surface area (Å²) in [5.74, 6) is 0.190. The van der Waals surface area contributed by atoms with Crippen LogP contribution >= 0.6 is 23.2 Å². The number of carbonyl (C=O) groups excluding carboxylic acids is 1. The Morgan fingerprint density at radius 3 is 2.57 bits per heavy atom. The molecule has 0 saturated carbocycles. The molecule has 1 amide bonds. The van der Waals surface area contributed by atoms with Gasteiger partial charge in [-0.3, -0.25) is 4.79 Å². The van der Waals surface area contributed by atoms with Gasteiger partial charge in [-0.2, -0.15) is 0 Å². The van der Waals surface area contributed by atoms with Crippen molar-refractivity contribution >= 4 is 29.1 Å². The Bertz CT molecular complexity index is 511. The van der Waals surface area contributed by atoms with E-state index >= 15 is 0 Å². The van der Waals surface area contributed by atoms with Gasteiger partial charge < -0.3 is 10.1 Å². The van der Waals surface area contributed by atoms with Crippen molar-refractivity contribution in [3.05, 3.63) is 33.8 Å². The molecule has 0 spiro atoms. The number of benzene rings is 1. The molecule has 1 N–H and O–H groups in total. The molecular weight excluding hydrogens is 309 g/mol. The third kappa shape index (κ3) is 4.35. The van der Waals surface area contributed by atoms with Gasteiger partial charge in [-0.1, -0.05) is 43.1 Å². The molecule has 21 heavy (non-hydrogen) atoms. The van der Waals surface area contributed by atoms with Gasteiger partial charge in [-0.25, -0.2) is 0 Å². The van der Waals surface area contributed by atoms with Gasteiger partial charge >= 0.3 is 0 Å². The number of nitrogens with one attached hydrogen (secondary N) is 1. The van der Waals surface area contributed by atoms with Gasteiger partial charge in [0.05, 0.1) is 10.0 Å². The molecule has 3 nitrogen and oxygen atoms in total. The van der Waals surface area contributed by atoms with Crippen LogP contribution in [-0.2, 0) is 14.9 Å². The fourth-order valence-electron chi connectivity index (χ4n) is 2.43. The smallest absolute Gasteiger partial charge is 0.223 e. The van der Waals surface area contributed by atoms with Crippen LogP contribution in [0.4, 0.5) is 0 Å². The summed E-state index contributed by atoms with van der Waals surface area (Å²) in [4.78, 5) is 12.2. The summed E-state index contributed by atoms with van der Waals surface area (Å²) in [7, 11) is 0. The third-order valence-electron chi connectivity index (χ3n) is 4.00. The lowest BCUT2D eigenvalue weighted by molar-refractivity contribution is -0.128. The SMILES string of the molecule is CC(C)(CNC(=O)C1CCOCC1)c1ccc(Cl)c(Cl)c1. The maximum absolute atomic E-state index is 12.2. The Morgan fingerprint density at radius 1 is 1.29 bits per heavy atom. The normalized spacial score (nSPS) is 16.8. The molecule has 116 valence electrons. The molecule has 1 heterocycles. The van der Waals surface area contributed by atoms with Crippen LogP contribution in [-0.4, -0.2) is 25.7 Å². The molecule has 0 unspecified atom stereocenters. The van der Waals surface area contributed by atoms with Crippen molar-refractivity contribution in [1.29, 1.82) is 0 Å². The van der Waals surface area contributed by atoms with E-state index in [1.54, 1.807) is 6.07 Å². The topological polar surface area (TPSA) is 38.3 Å².